The van der Waals surface area contributed by atoms with Crippen molar-refractivity contribution >= 4 is 5.91 Å². The van der Waals surface area contributed by atoms with Gasteiger partial charge in [0.05, 0.1) is 13.2 Å². The first-order valence-electron chi connectivity index (χ1n) is 9.00. The number of hydrogen-bond donors (Lipinski definition) is 0. The number of amides is 1. The smallest absolute Gasteiger partial charge is 0.258 e. The van der Waals surface area contributed by atoms with Gasteiger partial charge in [-0.25, -0.2) is 0 Å². The zero-order chi connectivity index (χ0) is 18.8. The standard InChI is InChI=1S/C21H21N3O3/c1-14-6-7-18(15(2)12-14)20-22-19(23-27-20)16-4-3-5-17(13-16)21(25)24-8-10-26-11-9-24/h3-7,12-13H,8-11H2,1-2H3. The number of aromatic nitrogens is 2. The summed E-state index contributed by atoms with van der Waals surface area (Å²) in [5.74, 6) is 0.951. The van der Waals surface area contributed by atoms with E-state index in [2.05, 4.69) is 16.2 Å². The number of ether oxygens (including phenoxy) is 1. The summed E-state index contributed by atoms with van der Waals surface area (Å²) in [4.78, 5) is 19.0. The van der Waals surface area contributed by atoms with Crippen molar-refractivity contribution in [3.8, 4) is 22.8 Å². The third-order valence-corrected chi connectivity index (χ3v) is 4.70. The lowest BCUT2D eigenvalue weighted by atomic mass is 10.1. The topological polar surface area (TPSA) is 68.5 Å². The number of rotatable bonds is 3. The van der Waals surface area contributed by atoms with E-state index >= 15 is 0 Å². The van der Waals surface area contributed by atoms with E-state index in [1.807, 2.05) is 50.2 Å². The summed E-state index contributed by atoms with van der Waals surface area (Å²) in [7, 11) is 0. The molecule has 0 N–H and O–H groups in total. The zero-order valence-corrected chi connectivity index (χ0v) is 15.4. The van der Waals surface area contributed by atoms with Gasteiger partial charge in [0, 0.05) is 29.8 Å². The van der Waals surface area contributed by atoms with E-state index in [9.17, 15) is 4.79 Å². The number of nitrogens with zero attached hydrogens (tertiary/aromatic N) is 3. The first-order valence-corrected chi connectivity index (χ1v) is 9.00. The van der Waals surface area contributed by atoms with Crippen molar-refractivity contribution in [3.05, 3.63) is 59.2 Å². The molecule has 1 amide bonds. The molecule has 3 aromatic rings. The molecule has 1 saturated heterocycles. The minimum Gasteiger partial charge on any atom is -0.378 e. The summed E-state index contributed by atoms with van der Waals surface area (Å²) in [5, 5.41) is 4.11. The van der Waals surface area contributed by atoms with Crippen LogP contribution in [0.1, 0.15) is 21.5 Å². The van der Waals surface area contributed by atoms with Crippen LogP contribution in [0.15, 0.2) is 47.0 Å². The molecule has 1 fully saturated rings. The molecular formula is C21H21N3O3. The molecule has 0 saturated carbocycles. The highest BCUT2D eigenvalue weighted by molar-refractivity contribution is 5.95. The van der Waals surface area contributed by atoms with Crippen LogP contribution in [0.2, 0.25) is 0 Å². The molecule has 2 heterocycles. The molecule has 0 atom stereocenters. The van der Waals surface area contributed by atoms with Crippen LogP contribution in [0.4, 0.5) is 0 Å². The fourth-order valence-electron chi connectivity index (χ4n) is 3.24. The Morgan fingerprint density at radius 1 is 1.07 bits per heavy atom. The Morgan fingerprint density at radius 3 is 2.67 bits per heavy atom. The minimum atomic E-state index is -0.00162. The molecule has 1 aliphatic heterocycles. The lowest BCUT2D eigenvalue weighted by Crippen LogP contribution is -2.40. The maximum absolute atomic E-state index is 12.7. The Labute approximate surface area is 157 Å². The van der Waals surface area contributed by atoms with Crippen LogP contribution in [0.5, 0.6) is 0 Å². The highest BCUT2D eigenvalue weighted by Crippen LogP contribution is 2.26. The number of hydrogen-bond acceptors (Lipinski definition) is 5. The van der Waals surface area contributed by atoms with Gasteiger partial charge >= 0.3 is 0 Å². The van der Waals surface area contributed by atoms with Crippen LogP contribution < -0.4 is 0 Å². The third kappa shape index (κ3) is 3.61. The largest absolute Gasteiger partial charge is 0.378 e. The zero-order valence-electron chi connectivity index (χ0n) is 15.4. The molecule has 1 aliphatic rings. The van der Waals surface area contributed by atoms with Gasteiger partial charge in [-0.2, -0.15) is 4.98 Å². The van der Waals surface area contributed by atoms with Gasteiger partial charge in [0.2, 0.25) is 5.82 Å². The molecular weight excluding hydrogens is 342 g/mol. The van der Waals surface area contributed by atoms with E-state index in [-0.39, 0.29) is 5.91 Å². The molecule has 0 aliphatic carbocycles. The van der Waals surface area contributed by atoms with Crippen molar-refractivity contribution in [2.45, 2.75) is 13.8 Å². The maximum Gasteiger partial charge on any atom is 0.258 e. The van der Waals surface area contributed by atoms with Crippen LogP contribution >= 0.6 is 0 Å². The van der Waals surface area contributed by atoms with E-state index in [4.69, 9.17) is 9.26 Å². The lowest BCUT2D eigenvalue weighted by Gasteiger charge is -2.26. The lowest BCUT2D eigenvalue weighted by molar-refractivity contribution is 0.0303. The van der Waals surface area contributed by atoms with Crippen LogP contribution in [0.25, 0.3) is 22.8 Å². The van der Waals surface area contributed by atoms with Gasteiger partial charge in [-0.3, -0.25) is 4.79 Å². The van der Waals surface area contributed by atoms with Gasteiger partial charge in [0.25, 0.3) is 11.8 Å². The average molecular weight is 363 g/mol. The van der Waals surface area contributed by atoms with Gasteiger partial charge in [0.15, 0.2) is 0 Å². The Balaban J connectivity index is 1.61. The van der Waals surface area contributed by atoms with Gasteiger partial charge < -0.3 is 14.2 Å². The summed E-state index contributed by atoms with van der Waals surface area (Å²) in [6.07, 6.45) is 0. The number of benzene rings is 2. The molecule has 6 nitrogen and oxygen atoms in total. The number of morpholine rings is 1. The molecule has 6 heteroatoms. The van der Waals surface area contributed by atoms with Crippen molar-refractivity contribution in [2.24, 2.45) is 0 Å². The number of aryl methyl sites for hydroxylation is 2. The molecule has 0 radical (unpaired) electrons. The summed E-state index contributed by atoms with van der Waals surface area (Å²) < 4.78 is 10.8. The fraction of sp³-hybridized carbons (Fsp3) is 0.286. The van der Waals surface area contributed by atoms with Gasteiger partial charge in [-0.05, 0) is 37.6 Å². The molecule has 0 bridgehead atoms. The second-order valence-electron chi connectivity index (χ2n) is 6.73. The Bertz CT molecular complexity index is 974. The molecule has 0 spiro atoms. The van der Waals surface area contributed by atoms with E-state index in [1.165, 1.54) is 5.56 Å². The summed E-state index contributed by atoms with van der Waals surface area (Å²) in [6.45, 7) is 6.45. The summed E-state index contributed by atoms with van der Waals surface area (Å²) in [5.41, 5.74) is 4.56. The van der Waals surface area contributed by atoms with Crippen LogP contribution in [-0.2, 0) is 4.74 Å². The van der Waals surface area contributed by atoms with Crippen LogP contribution in [0.3, 0.4) is 0 Å². The van der Waals surface area contributed by atoms with Crippen molar-refractivity contribution in [3.63, 3.8) is 0 Å². The number of carbonyl (C=O) groups excluding carboxylic acids is 1. The second kappa shape index (κ2) is 7.32. The summed E-state index contributed by atoms with van der Waals surface area (Å²) >= 11 is 0. The maximum atomic E-state index is 12.7. The summed E-state index contributed by atoms with van der Waals surface area (Å²) in [6, 6.07) is 13.4. The minimum absolute atomic E-state index is 0.00162. The Hall–Kier alpha value is -2.99. The second-order valence-corrected chi connectivity index (χ2v) is 6.73. The molecule has 0 unspecified atom stereocenters. The molecule has 4 rings (SSSR count). The quantitative estimate of drug-likeness (QED) is 0.712. The molecule has 2 aromatic carbocycles. The Morgan fingerprint density at radius 2 is 1.89 bits per heavy atom. The third-order valence-electron chi connectivity index (χ3n) is 4.70. The Kier molecular flexibility index (Phi) is 4.73. The number of carbonyl (C=O) groups is 1. The van der Waals surface area contributed by atoms with Gasteiger partial charge in [-0.15, -0.1) is 0 Å². The van der Waals surface area contributed by atoms with E-state index in [1.54, 1.807) is 4.90 Å². The highest BCUT2D eigenvalue weighted by atomic mass is 16.5. The molecule has 138 valence electrons. The highest BCUT2D eigenvalue weighted by Gasteiger charge is 2.20. The van der Waals surface area contributed by atoms with Crippen LogP contribution in [-0.4, -0.2) is 47.3 Å². The normalized spacial score (nSPS) is 14.4. The van der Waals surface area contributed by atoms with Crippen molar-refractivity contribution in [1.82, 2.24) is 15.0 Å². The molecule has 27 heavy (non-hydrogen) atoms. The SMILES string of the molecule is Cc1ccc(-c2nc(-c3cccc(C(=O)N4CCOCC4)c3)no2)c(C)c1. The van der Waals surface area contributed by atoms with Crippen LogP contribution in [0, 0.1) is 13.8 Å². The van der Waals surface area contributed by atoms with E-state index in [0.717, 1.165) is 16.7 Å². The fourth-order valence-corrected chi connectivity index (χ4v) is 3.24. The first-order chi connectivity index (χ1) is 13.1. The predicted octanol–water partition coefficient (Wildman–Crippen LogP) is 3.49. The molecule has 1 aromatic heterocycles. The monoisotopic (exact) mass is 363 g/mol. The van der Waals surface area contributed by atoms with E-state index in [0.29, 0.717) is 43.6 Å². The predicted molar refractivity (Wildman–Crippen MR) is 101 cm³/mol. The first kappa shape index (κ1) is 17.4. The van der Waals surface area contributed by atoms with E-state index < -0.39 is 0 Å². The average Bonchev–Trinajstić information content (AvgIpc) is 3.18. The van der Waals surface area contributed by atoms with Gasteiger partial charge in [-0.1, -0.05) is 35.0 Å². The van der Waals surface area contributed by atoms with Crippen molar-refractivity contribution in [2.75, 3.05) is 26.3 Å². The van der Waals surface area contributed by atoms with Crippen molar-refractivity contribution in [1.29, 1.82) is 0 Å². The van der Waals surface area contributed by atoms with Gasteiger partial charge in [0.1, 0.15) is 0 Å². The van der Waals surface area contributed by atoms with Crippen molar-refractivity contribution < 1.29 is 14.1 Å².